The number of halogens is 3. The summed E-state index contributed by atoms with van der Waals surface area (Å²) in [6.07, 6.45) is 1.40. The smallest absolute Gasteiger partial charge is 0.345 e. The van der Waals surface area contributed by atoms with Crippen molar-refractivity contribution in [3.63, 3.8) is 0 Å². The molecule has 0 unspecified atom stereocenters. The van der Waals surface area contributed by atoms with Crippen LogP contribution in [0.4, 0.5) is 0 Å². The summed E-state index contributed by atoms with van der Waals surface area (Å²) < 4.78 is 11.0. The van der Waals surface area contributed by atoms with Gasteiger partial charge in [-0.15, -0.1) is 0 Å². The van der Waals surface area contributed by atoms with Crippen LogP contribution in [0.25, 0.3) is 10.8 Å². The summed E-state index contributed by atoms with van der Waals surface area (Å²) in [5.74, 6) is -0.524. The van der Waals surface area contributed by atoms with Crippen molar-refractivity contribution in [3.8, 4) is 11.5 Å². The predicted octanol–water partition coefficient (Wildman–Crippen LogP) is 6.55. The van der Waals surface area contributed by atoms with Crippen molar-refractivity contribution in [2.45, 2.75) is 0 Å². The Morgan fingerprint density at radius 1 is 0.857 bits per heavy atom. The Bertz CT molecular complexity index is 1440. The Balaban J connectivity index is 1.53. The summed E-state index contributed by atoms with van der Waals surface area (Å²) in [6.45, 7) is -0.284. The third-order valence-electron chi connectivity index (χ3n) is 4.86. The summed E-state index contributed by atoms with van der Waals surface area (Å²) in [7, 11) is 0. The molecule has 0 aliphatic heterocycles. The third kappa shape index (κ3) is 6.11. The van der Waals surface area contributed by atoms with Gasteiger partial charge >= 0.3 is 5.97 Å². The first kappa shape index (κ1) is 24.5. The zero-order chi connectivity index (χ0) is 24.8. The Hall–Kier alpha value is -3.58. The summed E-state index contributed by atoms with van der Waals surface area (Å²) in [4.78, 5) is 25.0. The third-order valence-corrected chi connectivity index (χ3v) is 5.72. The molecule has 35 heavy (non-hydrogen) atoms. The molecule has 0 heterocycles. The van der Waals surface area contributed by atoms with E-state index in [-0.39, 0.29) is 22.9 Å². The zero-order valence-corrected chi connectivity index (χ0v) is 20.3. The van der Waals surface area contributed by atoms with E-state index in [1.807, 2.05) is 30.3 Å². The van der Waals surface area contributed by atoms with Crippen molar-refractivity contribution < 1.29 is 19.1 Å². The van der Waals surface area contributed by atoms with Crippen molar-refractivity contribution >= 4 is 63.7 Å². The average Bonchev–Trinajstić information content (AvgIpc) is 2.84. The van der Waals surface area contributed by atoms with Gasteiger partial charge < -0.3 is 9.47 Å². The van der Waals surface area contributed by atoms with Crippen LogP contribution in [-0.2, 0) is 4.79 Å². The summed E-state index contributed by atoms with van der Waals surface area (Å²) >= 11 is 18.1. The van der Waals surface area contributed by atoms with E-state index in [9.17, 15) is 9.59 Å². The maximum Gasteiger partial charge on any atom is 0.345 e. The lowest BCUT2D eigenvalue weighted by Gasteiger charge is -2.11. The second-order valence-corrected chi connectivity index (χ2v) is 8.48. The highest BCUT2D eigenvalue weighted by Crippen LogP contribution is 2.29. The van der Waals surface area contributed by atoms with Crippen LogP contribution >= 0.6 is 34.8 Å². The van der Waals surface area contributed by atoms with Gasteiger partial charge in [-0.05, 0) is 47.2 Å². The molecule has 1 amide bonds. The molecule has 0 aliphatic carbocycles. The van der Waals surface area contributed by atoms with Crippen LogP contribution in [0.3, 0.4) is 0 Å². The van der Waals surface area contributed by atoms with Crippen LogP contribution in [0.1, 0.15) is 15.9 Å². The van der Waals surface area contributed by atoms with Gasteiger partial charge in [0.15, 0.2) is 6.61 Å². The van der Waals surface area contributed by atoms with Gasteiger partial charge in [0.1, 0.15) is 11.5 Å². The predicted molar refractivity (Wildman–Crippen MR) is 138 cm³/mol. The number of amides is 1. The van der Waals surface area contributed by atoms with Gasteiger partial charge in [0, 0.05) is 10.6 Å². The second kappa shape index (κ2) is 11.2. The van der Waals surface area contributed by atoms with Gasteiger partial charge in [0.2, 0.25) is 0 Å². The Labute approximate surface area is 216 Å². The molecule has 0 radical (unpaired) electrons. The highest BCUT2D eigenvalue weighted by molar-refractivity contribution is 6.36. The van der Waals surface area contributed by atoms with Crippen molar-refractivity contribution in [2.75, 3.05) is 6.61 Å². The number of hydrazone groups is 1. The van der Waals surface area contributed by atoms with Crippen molar-refractivity contribution in [1.29, 1.82) is 0 Å². The summed E-state index contributed by atoms with van der Waals surface area (Å²) in [5, 5.41) is 6.66. The number of rotatable bonds is 7. The van der Waals surface area contributed by atoms with Crippen LogP contribution in [0.15, 0.2) is 84.0 Å². The Kier molecular flexibility index (Phi) is 7.87. The van der Waals surface area contributed by atoms with Crippen molar-refractivity contribution in [1.82, 2.24) is 5.43 Å². The van der Waals surface area contributed by atoms with Crippen LogP contribution in [0.2, 0.25) is 15.1 Å². The second-order valence-electron chi connectivity index (χ2n) is 7.22. The molecule has 0 saturated carbocycles. The molecule has 0 saturated heterocycles. The first-order valence-corrected chi connectivity index (χ1v) is 11.4. The fourth-order valence-electron chi connectivity index (χ4n) is 3.21. The van der Waals surface area contributed by atoms with Crippen LogP contribution in [0, 0.1) is 0 Å². The molecule has 0 aliphatic rings. The highest BCUT2D eigenvalue weighted by atomic mass is 35.5. The van der Waals surface area contributed by atoms with E-state index >= 15 is 0 Å². The quantitative estimate of drug-likeness (QED) is 0.128. The standard InChI is InChI=1S/C26H17Cl3N2O4/c27-17-10-11-19(22(29)13-17)26(33)35-23-12-9-16-5-1-2-6-18(16)20(23)14-30-31-25(32)15-34-24-8-4-3-7-21(24)28/h1-14H,15H2,(H,31,32)/b30-14-. The summed E-state index contributed by atoms with van der Waals surface area (Å²) in [6, 6.07) is 22.3. The van der Waals surface area contributed by atoms with E-state index < -0.39 is 11.9 Å². The number of ether oxygens (including phenoxy) is 2. The van der Waals surface area contributed by atoms with Gasteiger partial charge in [-0.2, -0.15) is 5.10 Å². The molecular formula is C26H17Cl3N2O4. The molecule has 0 aromatic heterocycles. The lowest BCUT2D eigenvalue weighted by Crippen LogP contribution is -2.24. The minimum Gasteiger partial charge on any atom is -0.482 e. The average molecular weight is 528 g/mol. The normalized spacial score (nSPS) is 10.9. The number of benzene rings is 4. The van der Waals surface area contributed by atoms with E-state index in [1.54, 1.807) is 36.4 Å². The zero-order valence-electron chi connectivity index (χ0n) is 18.0. The SMILES string of the molecule is O=C(COc1ccccc1Cl)N/N=C\c1c(OC(=O)c2ccc(Cl)cc2Cl)ccc2ccccc12. The molecular weight excluding hydrogens is 511 g/mol. The van der Waals surface area contributed by atoms with E-state index in [1.165, 1.54) is 18.3 Å². The fourth-order valence-corrected chi connectivity index (χ4v) is 3.89. The highest BCUT2D eigenvalue weighted by Gasteiger charge is 2.16. The minimum absolute atomic E-state index is 0.164. The molecule has 6 nitrogen and oxygen atoms in total. The maximum atomic E-state index is 12.8. The van der Waals surface area contributed by atoms with Gasteiger partial charge in [-0.25, -0.2) is 10.2 Å². The van der Waals surface area contributed by atoms with Gasteiger partial charge in [0.05, 0.1) is 21.8 Å². The number of para-hydroxylation sites is 1. The lowest BCUT2D eigenvalue weighted by molar-refractivity contribution is -0.123. The van der Waals surface area contributed by atoms with Crippen LogP contribution in [-0.4, -0.2) is 24.7 Å². The minimum atomic E-state index is -0.659. The number of hydrogen-bond donors (Lipinski definition) is 1. The van der Waals surface area contributed by atoms with Gasteiger partial charge in [-0.1, -0.05) is 77.3 Å². The molecule has 9 heteroatoms. The van der Waals surface area contributed by atoms with E-state index in [4.69, 9.17) is 44.3 Å². The van der Waals surface area contributed by atoms with Crippen molar-refractivity contribution in [2.24, 2.45) is 5.10 Å². The largest absolute Gasteiger partial charge is 0.482 e. The topological polar surface area (TPSA) is 77.0 Å². The number of hydrogen-bond acceptors (Lipinski definition) is 5. The Morgan fingerprint density at radius 2 is 1.63 bits per heavy atom. The van der Waals surface area contributed by atoms with Crippen LogP contribution < -0.4 is 14.9 Å². The molecule has 4 aromatic carbocycles. The number of esters is 1. The molecule has 0 atom stereocenters. The number of nitrogens with one attached hydrogen (secondary N) is 1. The number of fused-ring (bicyclic) bond motifs is 1. The van der Waals surface area contributed by atoms with Crippen molar-refractivity contribution in [3.05, 3.63) is 105 Å². The number of nitrogens with zero attached hydrogens (tertiary/aromatic N) is 1. The maximum absolute atomic E-state index is 12.8. The van der Waals surface area contributed by atoms with Gasteiger partial charge in [0.25, 0.3) is 5.91 Å². The first-order chi connectivity index (χ1) is 16.9. The fraction of sp³-hybridized carbons (Fsp3) is 0.0385. The number of carbonyl (C=O) groups is 2. The number of carbonyl (C=O) groups excluding carboxylic acids is 2. The lowest BCUT2D eigenvalue weighted by atomic mass is 10.0. The molecule has 4 aromatic rings. The molecule has 4 rings (SSSR count). The Morgan fingerprint density at radius 3 is 2.43 bits per heavy atom. The van der Waals surface area contributed by atoms with E-state index in [0.29, 0.717) is 21.4 Å². The molecule has 0 fully saturated rings. The molecule has 0 bridgehead atoms. The monoisotopic (exact) mass is 526 g/mol. The van der Waals surface area contributed by atoms with Gasteiger partial charge in [-0.3, -0.25) is 4.79 Å². The van der Waals surface area contributed by atoms with Crippen LogP contribution in [0.5, 0.6) is 11.5 Å². The molecule has 0 spiro atoms. The molecule has 1 N–H and O–H groups in total. The summed E-state index contributed by atoms with van der Waals surface area (Å²) in [5.41, 5.74) is 3.06. The first-order valence-electron chi connectivity index (χ1n) is 10.3. The van der Waals surface area contributed by atoms with E-state index in [2.05, 4.69) is 10.5 Å². The molecule has 176 valence electrons. The van der Waals surface area contributed by atoms with E-state index in [0.717, 1.165) is 10.8 Å².